The number of likely N-dealkylation sites (N-methyl/N-ethyl adjacent to an activating group) is 1. The van der Waals surface area contributed by atoms with E-state index in [4.69, 9.17) is 0 Å². The van der Waals surface area contributed by atoms with Crippen LogP contribution in [0.15, 0.2) is 30.5 Å². The van der Waals surface area contributed by atoms with Gasteiger partial charge < -0.3 is 10.2 Å². The van der Waals surface area contributed by atoms with Gasteiger partial charge in [0.25, 0.3) is 0 Å². The highest BCUT2D eigenvalue weighted by Crippen LogP contribution is 2.12. The topological polar surface area (TPSA) is 58.1 Å². The number of carbonyl (C=O) groups excluding carboxylic acids is 1. The van der Waals surface area contributed by atoms with Gasteiger partial charge in [-0.1, -0.05) is 18.2 Å². The summed E-state index contributed by atoms with van der Waals surface area (Å²) in [5, 5.41) is 3.98. The fourth-order valence-corrected chi connectivity index (χ4v) is 1.68. The average molecular weight is 244 g/mol. The van der Waals surface area contributed by atoms with Crippen molar-refractivity contribution in [2.24, 2.45) is 0 Å². The molecule has 5 heteroatoms. The summed E-state index contributed by atoms with van der Waals surface area (Å²) in [6.07, 6.45) is 1.75. The summed E-state index contributed by atoms with van der Waals surface area (Å²) in [4.78, 5) is 21.8. The standard InChI is InChI=1S/C13H16N4O/c1-9(12(18)17(2)3)15-13-14-8-10-6-4-5-7-11(10)16-13/h4-9H,1-3H3,(H,14,15,16). The number of amides is 1. The molecule has 0 radical (unpaired) electrons. The lowest BCUT2D eigenvalue weighted by Crippen LogP contribution is -2.37. The van der Waals surface area contributed by atoms with Crippen molar-refractivity contribution < 1.29 is 4.79 Å². The van der Waals surface area contributed by atoms with Gasteiger partial charge in [0.2, 0.25) is 11.9 Å². The van der Waals surface area contributed by atoms with Gasteiger partial charge in [-0.25, -0.2) is 9.97 Å². The van der Waals surface area contributed by atoms with Crippen LogP contribution in [0.4, 0.5) is 5.95 Å². The predicted octanol–water partition coefficient (Wildman–Crippen LogP) is 1.52. The van der Waals surface area contributed by atoms with E-state index in [1.165, 1.54) is 0 Å². The summed E-state index contributed by atoms with van der Waals surface area (Å²) in [5.74, 6) is 0.461. The number of hydrogen-bond donors (Lipinski definition) is 1. The number of hydrogen-bond acceptors (Lipinski definition) is 4. The molecule has 0 aliphatic rings. The van der Waals surface area contributed by atoms with Crippen molar-refractivity contribution in [2.45, 2.75) is 13.0 Å². The SMILES string of the molecule is CC(Nc1ncc2ccccc2n1)C(=O)N(C)C. The van der Waals surface area contributed by atoms with E-state index in [1.807, 2.05) is 24.3 Å². The fraction of sp³-hybridized carbons (Fsp3) is 0.308. The van der Waals surface area contributed by atoms with Crippen molar-refractivity contribution in [1.82, 2.24) is 14.9 Å². The Morgan fingerprint density at radius 1 is 1.33 bits per heavy atom. The summed E-state index contributed by atoms with van der Waals surface area (Å²) in [5.41, 5.74) is 0.861. The lowest BCUT2D eigenvalue weighted by Gasteiger charge is -2.17. The molecule has 1 aromatic heterocycles. The Balaban J connectivity index is 2.19. The van der Waals surface area contributed by atoms with Gasteiger partial charge in [0.1, 0.15) is 6.04 Å². The maximum Gasteiger partial charge on any atom is 0.244 e. The molecule has 1 unspecified atom stereocenters. The number of rotatable bonds is 3. The summed E-state index contributed by atoms with van der Waals surface area (Å²) >= 11 is 0. The largest absolute Gasteiger partial charge is 0.347 e. The first-order valence-corrected chi connectivity index (χ1v) is 5.77. The highest BCUT2D eigenvalue weighted by atomic mass is 16.2. The minimum absolute atomic E-state index is 0.00763. The van der Waals surface area contributed by atoms with Crippen molar-refractivity contribution in [3.63, 3.8) is 0 Å². The van der Waals surface area contributed by atoms with Crippen molar-refractivity contribution in [3.8, 4) is 0 Å². The maximum absolute atomic E-state index is 11.7. The van der Waals surface area contributed by atoms with E-state index in [9.17, 15) is 4.79 Å². The highest BCUT2D eigenvalue weighted by Gasteiger charge is 2.15. The monoisotopic (exact) mass is 244 g/mol. The second kappa shape index (κ2) is 5.00. The van der Waals surface area contributed by atoms with E-state index < -0.39 is 0 Å². The zero-order chi connectivity index (χ0) is 13.1. The van der Waals surface area contributed by atoms with Gasteiger partial charge in [-0.3, -0.25) is 4.79 Å². The second-order valence-electron chi connectivity index (χ2n) is 4.35. The molecule has 1 atom stereocenters. The van der Waals surface area contributed by atoms with Crippen molar-refractivity contribution in [1.29, 1.82) is 0 Å². The van der Waals surface area contributed by atoms with E-state index in [0.717, 1.165) is 10.9 Å². The Kier molecular flexibility index (Phi) is 3.41. The van der Waals surface area contributed by atoms with E-state index in [1.54, 1.807) is 32.1 Å². The van der Waals surface area contributed by atoms with Crippen LogP contribution in [-0.4, -0.2) is 40.9 Å². The van der Waals surface area contributed by atoms with Crippen LogP contribution < -0.4 is 5.32 Å². The maximum atomic E-state index is 11.7. The van der Waals surface area contributed by atoms with E-state index in [-0.39, 0.29) is 11.9 Å². The van der Waals surface area contributed by atoms with E-state index >= 15 is 0 Å². The molecule has 1 heterocycles. The van der Waals surface area contributed by atoms with Crippen molar-refractivity contribution in [3.05, 3.63) is 30.5 Å². The number of para-hydroxylation sites is 1. The lowest BCUT2D eigenvalue weighted by atomic mass is 10.2. The smallest absolute Gasteiger partial charge is 0.244 e. The minimum Gasteiger partial charge on any atom is -0.347 e. The molecule has 0 saturated heterocycles. The number of aromatic nitrogens is 2. The second-order valence-corrected chi connectivity index (χ2v) is 4.35. The first-order chi connectivity index (χ1) is 8.58. The molecule has 0 spiro atoms. The molecule has 94 valence electrons. The fourth-order valence-electron chi connectivity index (χ4n) is 1.68. The molecule has 1 N–H and O–H groups in total. The zero-order valence-corrected chi connectivity index (χ0v) is 10.7. The molecule has 0 saturated carbocycles. The van der Waals surface area contributed by atoms with Gasteiger partial charge in [-0.2, -0.15) is 0 Å². The Morgan fingerprint density at radius 2 is 2.06 bits per heavy atom. The van der Waals surface area contributed by atoms with Crippen molar-refractivity contribution >= 4 is 22.8 Å². The predicted molar refractivity (Wildman–Crippen MR) is 71.3 cm³/mol. The number of benzene rings is 1. The van der Waals surface area contributed by atoms with Gasteiger partial charge >= 0.3 is 0 Å². The van der Waals surface area contributed by atoms with Gasteiger partial charge in [-0.05, 0) is 13.0 Å². The molecule has 0 aliphatic carbocycles. The first kappa shape index (κ1) is 12.3. The Bertz CT molecular complexity index is 568. The highest BCUT2D eigenvalue weighted by molar-refractivity contribution is 5.84. The molecule has 18 heavy (non-hydrogen) atoms. The lowest BCUT2D eigenvalue weighted by molar-refractivity contribution is -0.129. The number of carbonyl (C=O) groups is 1. The van der Waals surface area contributed by atoms with Gasteiger partial charge in [0.05, 0.1) is 5.52 Å². The first-order valence-electron chi connectivity index (χ1n) is 5.77. The average Bonchev–Trinajstić information content (AvgIpc) is 2.37. The van der Waals surface area contributed by atoms with Crippen molar-refractivity contribution in [2.75, 3.05) is 19.4 Å². The number of nitrogens with zero attached hydrogens (tertiary/aromatic N) is 3. The van der Waals surface area contributed by atoms with Crippen LogP contribution in [0.25, 0.3) is 10.9 Å². The third-order valence-corrected chi connectivity index (χ3v) is 2.65. The van der Waals surface area contributed by atoms with E-state index in [2.05, 4.69) is 15.3 Å². The molecule has 5 nitrogen and oxygen atoms in total. The molecular formula is C13H16N4O. The normalized spacial score (nSPS) is 12.2. The molecule has 1 amide bonds. The van der Waals surface area contributed by atoms with Crippen LogP contribution in [0.2, 0.25) is 0 Å². The quantitative estimate of drug-likeness (QED) is 0.889. The van der Waals surface area contributed by atoms with Crippen LogP contribution in [-0.2, 0) is 4.79 Å². The molecule has 2 aromatic rings. The van der Waals surface area contributed by atoms with Crippen LogP contribution in [0.1, 0.15) is 6.92 Å². The molecule has 0 fully saturated rings. The van der Waals surface area contributed by atoms with Gasteiger partial charge in [-0.15, -0.1) is 0 Å². The summed E-state index contributed by atoms with van der Waals surface area (Å²) in [6.45, 7) is 1.79. The van der Waals surface area contributed by atoms with Crippen LogP contribution in [0.3, 0.4) is 0 Å². The number of fused-ring (bicyclic) bond motifs is 1. The van der Waals surface area contributed by atoms with Crippen LogP contribution in [0, 0.1) is 0 Å². The summed E-state index contributed by atoms with van der Waals surface area (Å²) in [6, 6.07) is 7.39. The number of nitrogens with one attached hydrogen (secondary N) is 1. The Hall–Kier alpha value is -2.17. The third-order valence-electron chi connectivity index (χ3n) is 2.65. The van der Waals surface area contributed by atoms with E-state index in [0.29, 0.717) is 5.95 Å². The molecule has 0 aliphatic heterocycles. The molecule has 1 aromatic carbocycles. The number of anilines is 1. The Labute approximate surface area is 106 Å². The van der Waals surface area contributed by atoms with Crippen LogP contribution >= 0.6 is 0 Å². The summed E-state index contributed by atoms with van der Waals surface area (Å²) < 4.78 is 0. The van der Waals surface area contributed by atoms with Gasteiger partial charge in [0, 0.05) is 25.7 Å². The Morgan fingerprint density at radius 3 is 2.78 bits per heavy atom. The minimum atomic E-state index is -0.346. The molecule has 0 bridgehead atoms. The third kappa shape index (κ3) is 2.56. The zero-order valence-electron chi connectivity index (χ0n) is 10.7. The molecular weight excluding hydrogens is 228 g/mol. The van der Waals surface area contributed by atoms with Crippen LogP contribution in [0.5, 0.6) is 0 Å². The molecule has 2 rings (SSSR count). The summed E-state index contributed by atoms with van der Waals surface area (Å²) in [7, 11) is 3.45. The van der Waals surface area contributed by atoms with Gasteiger partial charge in [0.15, 0.2) is 0 Å².